The van der Waals surface area contributed by atoms with Crippen molar-refractivity contribution in [1.82, 2.24) is 20.4 Å². The van der Waals surface area contributed by atoms with Crippen molar-refractivity contribution in [2.75, 3.05) is 19.6 Å². The van der Waals surface area contributed by atoms with Crippen LogP contribution in [0.15, 0.2) is 17.4 Å². The molecule has 0 bridgehead atoms. The molecule has 6 nitrogen and oxygen atoms in total. The van der Waals surface area contributed by atoms with Crippen LogP contribution in [0, 0.1) is 12.3 Å². The van der Waals surface area contributed by atoms with Crippen LogP contribution in [0.25, 0.3) is 0 Å². The molecular formula is C12H20IN5O. The van der Waals surface area contributed by atoms with Crippen LogP contribution in [-0.4, -0.2) is 40.5 Å². The first-order chi connectivity index (χ1) is 8.67. The largest absolute Gasteiger partial charge is 0.386 e. The number of guanidine groups is 1. The minimum Gasteiger partial charge on any atom is -0.386 e. The molecule has 1 atom stereocenters. The fourth-order valence-corrected chi connectivity index (χ4v) is 1.37. The molecule has 0 aromatic carbocycles. The molecule has 1 aromatic rings. The van der Waals surface area contributed by atoms with Crippen LogP contribution in [0.5, 0.6) is 0 Å². The highest BCUT2D eigenvalue weighted by atomic mass is 127. The Kier molecular flexibility index (Phi) is 8.99. The van der Waals surface area contributed by atoms with Gasteiger partial charge in [-0.25, -0.2) is 0 Å². The lowest BCUT2D eigenvalue weighted by Gasteiger charge is -2.10. The van der Waals surface area contributed by atoms with Crippen LogP contribution in [-0.2, 0) is 7.05 Å². The number of rotatable bonds is 5. The van der Waals surface area contributed by atoms with Crippen molar-refractivity contribution in [3.05, 3.63) is 18.0 Å². The zero-order chi connectivity index (χ0) is 13.4. The number of aromatic nitrogens is 2. The molecule has 7 heteroatoms. The van der Waals surface area contributed by atoms with Crippen LogP contribution in [0.1, 0.15) is 18.6 Å². The van der Waals surface area contributed by atoms with Crippen LogP contribution in [0.4, 0.5) is 0 Å². The van der Waals surface area contributed by atoms with Gasteiger partial charge in [-0.2, -0.15) is 5.10 Å². The summed E-state index contributed by atoms with van der Waals surface area (Å²) in [6, 6.07) is 0. The summed E-state index contributed by atoms with van der Waals surface area (Å²) in [5, 5.41) is 19.9. The van der Waals surface area contributed by atoms with Crippen molar-refractivity contribution in [2.45, 2.75) is 13.0 Å². The summed E-state index contributed by atoms with van der Waals surface area (Å²) >= 11 is 0. The number of hydrogen-bond acceptors (Lipinski definition) is 3. The van der Waals surface area contributed by atoms with E-state index in [4.69, 9.17) is 6.42 Å². The van der Waals surface area contributed by atoms with Gasteiger partial charge < -0.3 is 15.7 Å². The number of nitrogens with one attached hydrogen (secondary N) is 2. The van der Waals surface area contributed by atoms with E-state index in [9.17, 15) is 5.11 Å². The van der Waals surface area contributed by atoms with Gasteiger partial charge in [-0.15, -0.1) is 30.4 Å². The molecule has 1 unspecified atom stereocenters. The predicted octanol–water partition coefficient (Wildman–Crippen LogP) is 0.260. The summed E-state index contributed by atoms with van der Waals surface area (Å²) < 4.78 is 1.64. The Hall–Kier alpha value is -1.27. The first-order valence-corrected chi connectivity index (χ1v) is 5.79. The van der Waals surface area contributed by atoms with Gasteiger partial charge in [0.15, 0.2) is 5.96 Å². The fourth-order valence-electron chi connectivity index (χ4n) is 1.37. The average molecular weight is 377 g/mol. The monoisotopic (exact) mass is 377 g/mol. The fraction of sp³-hybridized carbons (Fsp3) is 0.500. The Balaban J connectivity index is 0.00000324. The van der Waals surface area contributed by atoms with Crippen molar-refractivity contribution >= 4 is 29.9 Å². The highest BCUT2D eigenvalue weighted by Gasteiger charge is 2.09. The topological polar surface area (TPSA) is 74.5 Å². The van der Waals surface area contributed by atoms with E-state index >= 15 is 0 Å². The lowest BCUT2D eigenvalue weighted by Crippen LogP contribution is -2.37. The van der Waals surface area contributed by atoms with E-state index in [2.05, 4.69) is 26.6 Å². The second kappa shape index (κ2) is 9.63. The molecule has 1 rings (SSSR count). The van der Waals surface area contributed by atoms with Crippen LogP contribution >= 0.6 is 24.0 Å². The van der Waals surface area contributed by atoms with Crippen molar-refractivity contribution < 1.29 is 5.11 Å². The molecule has 1 aromatic heterocycles. The van der Waals surface area contributed by atoms with Crippen molar-refractivity contribution in [3.8, 4) is 12.3 Å². The molecule has 0 radical (unpaired) electrons. The summed E-state index contributed by atoms with van der Waals surface area (Å²) in [4.78, 5) is 4.25. The third-order valence-electron chi connectivity index (χ3n) is 2.23. The van der Waals surface area contributed by atoms with E-state index < -0.39 is 6.10 Å². The summed E-state index contributed by atoms with van der Waals surface area (Å²) in [7, 11) is 1.80. The Morgan fingerprint density at radius 3 is 2.89 bits per heavy atom. The van der Waals surface area contributed by atoms with E-state index in [0.29, 0.717) is 12.5 Å². The van der Waals surface area contributed by atoms with Crippen molar-refractivity contribution in [3.63, 3.8) is 0 Å². The van der Waals surface area contributed by atoms with Gasteiger partial charge in [-0.1, -0.05) is 5.92 Å². The van der Waals surface area contributed by atoms with Gasteiger partial charge in [-0.05, 0) is 6.92 Å². The van der Waals surface area contributed by atoms with E-state index in [-0.39, 0.29) is 30.5 Å². The first kappa shape index (κ1) is 17.7. The number of halogens is 1. The van der Waals surface area contributed by atoms with Crippen LogP contribution in [0.3, 0.4) is 0 Å². The molecule has 0 saturated carbocycles. The standard InChI is InChI=1S/C12H19N5O.HI/c1-4-6-14-12(13-5-2)15-8-11(18)10-7-16-17(3)9-10;/h1,7,9,11,18H,5-6,8H2,2-3H3,(H2,13,14,15);1H. The van der Waals surface area contributed by atoms with Gasteiger partial charge in [0, 0.05) is 25.4 Å². The summed E-state index contributed by atoms with van der Waals surface area (Å²) in [5.41, 5.74) is 0.744. The average Bonchev–Trinajstić information content (AvgIpc) is 2.79. The van der Waals surface area contributed by atoms with Gasteiger partial charge in [0.25, 0.3) is 0 Å². The SMILES string of the molecule is C#CCNC(=NCC(O)c1cnn(C)c1)NCC.I. The molecule has 3 N–H and O–H groups in total. The number of aliphatic imine (C=N–C) groups is 1. The number of hydrogen-bond donors (Lipinski definition) is 3. The summed E-state index contributed by atoms with van der Waals surface area (Å²) in [6.07, 6.45) is 7.89. The normalized spacial score (nSPS) is 12.2. The number of aryl methyl sites for hydroxylation is 1. The van der Waals surface area contributed by atoms with Gasteiger partial charge in [0.1, 0.15) is 6.10 Å². The molecule has 0 fully saturated rings. The van der Waals surface area contributed by atoms with Crippen LogP contribution < -0.4 is 10.6 Å². The minimum absolute atomic E-state index is 0. The number of nitrogens with zero attached hydrogens (tertiary/aromatic N) is 3. The van der Waals surface area contributed by atoms with E-state index in [1.165, 1.54) is 0 Å². The van der Waals surface area contributed by atoms with Gasteiger partial charge in [0.05, 0.1) is 19.3 Å². The number of aliphatic hydroxyl groups excluding tert-OH is 1. The highest BCUT2D eigenvalue weighted by molar-refractivity contribution is 14.0. The lowest BCUT2D eigenvalue weighted by molar-refractivity contribution is 0.187. The molecule has 1 heterocycles. The van der Waals surface area contributed by atoms with Crippen molar-refractivity contribution in [2.24, 2.45) is 12.0 Å². The Bertz CT molecular complexity index is 438. The summed E-state index contributed by atoms with van der Waals surface area (Å²) in [6.45, 7) is 3.35. The maximum atomic E-state index is 9.92. The third-order valence-corrected chi connectivity index (χ3v) is 2.23. The molecule has 0 saturated heterocycles. The van der Waals surface area contributed by atoms with Gasteiger partial charge in [-0.3, -0.25) is 9.67 Å². The molecule has 0 amide bonds. The quantitative estimate of drug-likeness (QED) is 0.298. The van der Waals surface area contributed by atoms with Crippen molar-refractivity contribution in [1.29, 1.82) is 0 Å². The van der Waals surface area contributed by atoms with Gasteiger partial charge in [0.2, 0.25) is 0 Å². The zero-order valence-corrected chi connectivity index (χ0v) is 13.5. The zero-order valence-electron chi connectivity index (χ0n) is 11.1. The molecule has 19 heavy (non-hydrogen) atoms. The smallest absolute Gasteiger partial charge is 0.192 e. The molecule has 0 aliphatic rings. The maximum absolute atomic E-state index is 9.92. The van der Waals surface area contributed by atoms with E-state index in [0.717, 1.165) is 12.1 Å². The molecule has 106 valence electrons. The molecular weight excluding hydrogens is 357 g/mol. The lowest BCUT2D eigenvalue weighted by atomic mass is 10.2. The summed E-state index contributed by atoms with van der Waals surface area (Å²) in [5.74, 6) is 3.07. The minimum atomic E-state index is -0.667. The third kappa shape index (κ3) is 6.45. The van der Waals surface area contributed by atoms with E-state index in [1.807, 2.05) is 6.92 Å². The van der Waals surface area contributed by atoms with E-state index in [1.54, 1.807) is 24.1 Å². The van der Waals surface area contributed by atoms with Crippen LogP contribution in [0.2, 0.25) is 0 Å². The second-order valence-electron chi connectivity index (χ2n) is 3.74. The molecule has 0 aliphatic heterocycles. The molecule has 0 spiro atoms. The Morgan fingerprint density at radius 2 is 2.37 bits per heavy atom. The Labute approximate surface area is 130 Å². The second-order valence-corrected chi connectivity index (χ2v) is 3.74. The van der Waals surface area contributed by atoms with Gasteiger partial charge >= 0.3 is 0 Å². The molecule has 0 aliphatic carbocycles. The number of terminal acetylenes is 1. The predicted molar refractivity (Wildman–Crippen MR) is 86.4 cm³/mol. The Morgan fingerprint density at radius 1 is 1.63 bits per heavy atom. The first-order valence-electron chi connectivity index (χ1n) is 5.79. The number of aliphatic hydroxyl groups is 1. The maximum Gasteiger partial charge on any atom is 0.192 e. The highest BCUT2D eigenvalue weighted by Crippen LogP contribution is 2.10.